The lowest BCUT2D eigenvalue weighted by Crippen LogP contribution is -2.39. The monoisotopic (exact) mass is 387 g/mol. The van der Waals surface area contributed by atoms with Gasteiger partial charge in [0.15, 0.2) is 0 Å². The quantitative estimate of drug-likeness (QED) is 0.592. The SMILES string of the molecule is CCC(CC)(CNCc1ccc(Oc2cc(OC)cc(OC)c2)cc1)C(=O)O. The van der Waals surface area contributed by atoms with Crippen LogP contribution >= 0.6 is 0 Å². The Morgan fingerprint density at radius 3 is 1.93 bits per heavy atom. The summed E-state index contributed by atoms with van der Waals surface area (Å²) in [6.07, 6.45) is 1.20. The highest BCUT2D eigenvalue weighted by atomic mass is 16.5. The van der Waals surface area contributed by atoms with Crippen molar-refractivity contribution in [3.8, 4) is 23.0 Å². The molecule has 28 heavy (non-hydrogen) atoms. The molecule has 2 aromatic carbocycles. The van der Waals surface area contributed by atoms with Gasteiger partial charge in [-0.05, 0) is 30.5 Å². The molecule has 0 aliphatic rings. The Kier molecular flexibility index (Phi) is 7.70. The van der Waals surface area contributed by atoms with Gasteiger partial charge in [0, 0.05) is 31.3 Å². The number of ether oxygens (including phenoxy) is 3. The Hall–Kier alpha value is -2.73. The third-order valence-corrected chi connectivity index (χ3v) is 5.08. The van der Waals surface area contributed by atoms with Gasteiger partial charge in [0.25, 0.3) is 0 Å². The molecular formula is C22H29NO5. The van der Waals surface area contributed by atoms with Crippen LogP contribution in [0.2, 0.25) is 0 Å². The highest BCUT2D eigenvalue weighted by Crippen LogP contribution is 2.31. The first-order chi connectivity index (χ1) is 13.5. The summed E-state index contributed by atoms with van der Waals surface area (Å²) in [6, 6.07) is 13.0. The number of hydrogen-bond acceptors (Lipinski definition) is 5. The molecule has 2 aromatic rings. The number of carboxylic acids is 1. The zero-order valence-electron chi connectivity index (χ0n) is 17.0. The molecule has 2 N–H and O–H groups in total. The number of methoxy groups -OCH3 is 2. The molecule has 0 aliphatic heterocycles. The van der Waals surface area contributed by atoms with Crippen LogP contribution in [-0.2, 0) is 11.3 Å². The lowest BCUT2D eigenvalue weighted by Gasteiger charge is -2.27. The Bertz CT molecular complexity index is 747. The van der Waals surface area contributed by atoms with E-state index in [1.165, 1.54) is 0 Å². The lowest BCUT2D eigenvalue weighted by atomic mass is 9.82. The smallest absolute Gasteiger partial charge is 0.310 e. The zero-order chi connectivity index (χ0) is 20.6. The van der Waals surface area contributed by atoms with Crippen molar-refractivity contribution in [1.29, 1.82) is 0 Å². The number of rotatable bonds is 11. The zero-order valence-corrected chi connectivity index (χ0v) is 17.0. The Morgan fingerprint density at radius 2 is 1.46 bits per heavy atom. The summed E-state index contributed by atoms with van der Waals surface area (Å²) in [7, 11) is 3.19. The standard InChI is InChI=1S/C22H29NO5/c1-5-22(6-2,21(24)25)15-23-14-16-7-9-17(10-8-16)28-20-12-18(26-3)11-19(13-20)27-4/h7-13,23H,5-6,14-15H2,1-4H3,(H,24,25). The molecule has 0 aromatic heterocycles. The van der Waals surface area contributed by atoms with Crippen LogP contribution in [0.15, 0.2) is 42.5 Å². The second-order valence-electron chi connectivity index (χ2n) is 6.69. The van der Waals surface area contributed by atoms with Crippen molar-refractivity contribution in [1.82, 2.24) is 5.32 Å². The molecule has 6 nitrogen and oxygen atoms in total. The Balaban J connectivity index is 1.97. The molecule has 6 heteroatoms. The number of aliphatic carboxylic acids is 1. The molecule has 0 aliphatic carbocycles. The highest BCUT2D eigenvalue weighted by Gasteiger charge is 2.34. The van der Waals surface area contributed by atoms with E-state index in [4.69, 9.17) is 14.2 Å². The summed E-state index contributed by atoms with van der Waals surface area (Å²) < 4.78 is 16.4. The van der Waals surface area contributed by atoms with Gasteiger partial charge in [0.05, 0.1) is 19.6 Å². The van der Waals surface area contributed by atoms with Gasteiger partial charge in [0.2, 0.25) is 0 Å². The molecule has 0 saturated carbocycles. The van der Waals surface area contributed by atoms with Crippen LogP contribution in [0.25, 0.3) is 0 Å². The molecule has 152 valence electrons. The molecule has 0 saturated heterocycles. The fourth-order valence-electron chi connectivity index (χ4n) is 2.98. The lowest BCUT2D eigenvalue weighted by molar-refractivity contribution is -0.149. The maximum absolute atomic E-state index is 11.6. The summed E-state index contributed by atoms with van der Waals surface area (Å²) in [4.78, 5) is 11.6. The van der Waals surface area contributed by atoms with E-state index in [1.54, 1.807) is 32.4 Å². The third kappa shape index (κ3) is 5.39. The molecule has 0 atom stereocenters. The number of nitrogens with one attached hydrogen (secondary N) is 1. The van der Waals surface area contributed by atoms with Crippen molar-refractivity contribution in [2.75, 3.05) is 20.8 Å². The number of benzene rings is 2. The minimum absolute atomic E-state index is 0.442. The van der Waals surface area contributed by atoms with E-state index < -0.39 is 11.4 Å². The first-order valence-corrected chi connectivity index (χ1v) is 9.40. The minimum atomic E-state index is -0.748. The van der Waals surface area contributed by atoms with E-state index in [9.17, 15) is 9.90 Å². The molecule has 2 rings (SSSR count). The second-order valence-corrected chi connectivity index (χ2v) is 6.69. The van der Waals surface area contributed by atoms with Gasteiger partial charge in [-0.2, -0.15) is 0 Å². The van der Waals surface area contributed by atoms with E-state index in [0.717, 1.165) is 5.56 Å². The molecule has 0 radical (unpaired) electrons. The van der Waals surface area contributed by atoms with Gasteiger partial charge in [-0.1, -0.05) is 26.0 Å². The second kappa shape index (κ2) is 9.99. The average molecular weight is 387 g/mol. The van der Waals surface area contributed by atoms with E-state index in [-0.39, 0.29) is 0 Å². The summed E-state index contributed by atoms with van der Waals surface area (Å²) >= 11 is 0. The topological polar surface area (TPSA) is 77.0 Å². The molecule has 0 spiro atoms. The predicted octanol–water partition coefficient (Wildman–Crippen LogP) is 4.48. The van der Waals surface area contributed by atoms with Crippen LogP contribution in [0, 0.1) is 5.41 Å². The van der Waals surface area contributed by atoms with Crippen LogP contribution in [0.5, 0.6) is 23.0 Å². The first kappa shape index (κ1) is 21.6. The Labute approximate surface area is 166 Å². The van der Waals surface area contributed by atoms with Crippen LogP contribution in [0.3, 0.4) is 0 Å². The predicted molar refractivity (Wildman–Crippen MR) is 108 cm³/mol. The summed E-state index contributed by atoms with van der Waals surface area (Å²) in [6.45, 7) is 4.87. The van der Waals surface area contributed by atoms with Gasteiger partial charge >= 0.3 is 5.97 Å². The van der Waals surface area contributed by atoms with Gasteiger partial charge in [0.1, 0.15) is 23.0 Å². The summed E-state index contributed by atoms with van der Waals surface area (Å²) in [5.74, 6) is 1.88. The van der Waals surface area contributed by atoms with Gasteiger partial charge < -0.3 is 24.6 Å². The molecular weight excluding hydrogens is 358 g/mol. The van der Waals surface area contributed by atoms with Crippen LogP contribution in [0.1, 0.15) is 32.3 Å². The number of hydrogen-bond donors (Lipinski definition) is 2. The van der Waals surface area contributed by atoms with Gasteiger partial charge in [-0.3, -0.25) is 4.79 Å². The summed E-state index contributed by atoms with van der Waals surface area (Å²) in [5, 5.41) is 12.8. The highest BCUT2D eigenvalue weighted by molar-refractivity contribution is 5.74. The number of carboxylic acid groups (broad SMARTS) is 1. The van der Waals surface area contributed by atoms with E-state index >= 15 is 0 Å². The van der Waals surface area contributed by atoms with Gasteiger partial charge in [-0.25, -0.2) is 0 Å². The normalized spacial score (nSPS) is 11.1. The molecule has 0 heterocycles. The van der Waals surface area contributed by atoms with E-state index in [1.807, 2.05) is 38.1 Å². The van der Waals surface area contributed by atoms with E-state index in [0.29, 0.717) is 48.9 Å². The van der Waals surface area contributed by atoms with Crippen molar-refractivity contribution in [3.63, 3.8) is 0 Å². The van der Waals surface area contributed by atoms with Crippen molar-refractivity contribution >= 4 is 5.97 Å². The van der Waals surface area contributed by atoms with Crippen molar-refractivity contribution < 1.29 is 24.1 Å². The maximum Gasteiger partial charge on any atom is 0.310 e. The van der Waals surface area contributed by atoms with Crippen LogP contribution in [0.4, 0.5) is 0 Å². The van der Waals surface area contributed by atoms with Crippen LogP contribution < -0.4 is 19.5 Å². The first-order valence-electron chi connectivity index (χ1n) is 9.40. The fourth-order valence-corrected chi connectivity index (χ4v) is 2.98. The average Bonchev–Trinajstić information content (AvgIpc) is 2.72. The van der Waals surface area contributed by atoms with Gasteiger partial charge in [-0.15, -0.1) is 0 Å². The maximum atomic E-state index is 11.6. The van der Waals surface area contributed by atoms with Crippen molar-refractivity contribution in [2.24, 2.45) is 5.41 Å². The minimum Gasteiger partial charge on any atom is -0.496 e. The number of carbonyl (C=O) groups is 1. The molecule has 0 bridgehead atoms. The van der Waals surface area contributed by atoms with Crippen LogP contribution in [-0.4, -0.2) is 31.8 Å². The summed E-state index contributed by atoms with van der Waals surface area (Å²) in [5.41, 5.74) is 0.344. The van der Waals surface area contributed by atoms with E-state index in [2.05, 4.69) is 5.32 Å². The molecule has 0 amide bonds. The molecule has 0 fully saturated rings. The Morgan fingerprint density at radius 1 is 0.929 bits per heavy atom. The fraction of sp³-hybridized carbons (Fsp3) is 0.409. The van der Waals surface area contributed by atoms with Crippen molar-refractivity contribution in [2.45, 2.75) is 33.2 Å². The molecule has 0 unspecified atom stereocenters. The largest absolute Gasteiger partial charge is 0.496 e. The third-order valence-electron chi connectivity index (χ3n) is 5.08. The van der Waals surface area contributed by atoms with Crippen molar-refractivity contribution in [3.05, 3.63) is 48.0 Å².